The van der Waals surface area contributed by atoms with E-state index in [2.05, 4.69) is 5.32 Å². The summed E-state index contributed by atoms with van der Waals surface area (Å²) in [7, 11) is 0. The number of hydrogen-bond acceptors (Lipinski definition) is 5. The molecule has 6 nitrogen and oxygen atoms in total. The molecule has 0 spiro atoms. The number of amides is 1. The molecule has 1 saturated carbocycles. The van der Waals surface area contributed by atoms with Gasteiger partial charge in [0.2, 0.25) is 0 Å². The summed E-state index contributed by atoms with van der Waals surface area (Å²) in [4.78, 5) is 11.8. The molecule has 1 amide bonds. The average molecular weight is 332 g/mol. The van der Waals surface area contributed by atoms with Crippen molar-refractivity contribution in [3.05, 3.63) is 41.7 Å². The molecule has 0 bridgehead atoms. The highest BCUT2D eigenvalue weighted by Gasteiger charge is 2.24. The van der Waals surface area contributed by atoms with Gasteiger partial charge in [-0.1, -0.05) is 12.1 Å². The molecule has 1 atom stereocenters. The molecule has 1 aliphatic rings. The molecule has 2 rings (SSSR count). The van der Waals surface area contributed by atoms with E-state index in [0.29, 0.717) is 5.92 Å². The first kappa shape index (κ1) is 18.1. The quantitative estimate of drug-likeness (QED) is 0.569. The molecule has 0 saturated heterocycles. The second-order valence-electron chi connectivity index (χ2n) is 7.27. The Labute approximate surface area is 143 Å². The monoisotopic (exact) mass is 332 g/mol. The van der Waals surface area contributed by atoms with Gasteiger partial charge in [-0.25, -0.2) is 10.6 Å². The molecule has 1 unspecified atom stereocenters. The molecule has 1 aromatic carbocycles. The van der Waals surface area contributed by atoms with Crippen molar-refractivity contribution in [1.82, 2.24) is 5.32 Å². The van der Waals surface area contributed by atoms with Crippen molar-refractivity contribution in [3.8, 4) is 0 Å². The first-order valence-electron chi connectivity index (χ1n) is 8.26. The lowest BCUT2D eigenvalue weighted by Gasteiger charge is -2.22. The third-order valence-corrected chi connectivity index (χ3v) is 3.76. The van der Waals surface area contributed by atoms with Crippen molar-refractivity contribution in [2.75, 3.05) is 5.01 Å². The average Bonchev–Trinajstić information content (AvgIpc) is 3.29. The van der Waals surface area contributed by atoms with Gasteiger partial charge in [-0.3, -0.25) is 5.01 Å². The van der Waals surface area contributed by atoms with Gasteiger partial charge in [-0.15, -0.1) is 0 Å². The first-order chi connectivity index (χ1) is 11.2. The van der Waals surface area contributed by atoms with Gasteiger partial charge in [-0.05, 0) is 58.2 Å². The number of nitrogens with one attached hydrogen (secondary N) is 1. The summed E-state index contributed by atoms with van der Waals surface area (Å²) in [5.74, 6) is 6.50. The van der Waals surface area contributed by atoms with Gasteiger partial charge in [0.25, 0.3) is 0 Å². The highest BCUT2D eigenvalue weighted by molar-refractivity contribution is 5.68. The van der Waals surface area contributed by atoms with Gasteiger partial charge < -0.3 is 15.8 Å². The summed E-state index contributed by atoms with van der Waals surface area (Å²) in [6.45, 7) is 7.42. The largest absolute Gasteiger partial charge is 0.444 e. The Bertz CT molecular complexity index is 600. The van der Waals surface area contributed by atoms with E-state index in [4.69, 9.17) is 16.3 Å². The molecule has 6 heteroatoms. The first-order valence-corrected chi connectivity index (χ1v) is 8.26. The fraction of sp³-hybridized carbons (Fsp3) is 0.500. The second kappa shape index (κ2) is 7.13. The molecule has 0 heterocycles. The summed E-state index contributed by atoms with van der Waals surface area (Å²) in [6, 6.07) is 7.50. The van der Waals surface area contributed by atoms with Crippen molar-refractivity contribution in [2.24, 2.45) is 17.5 Å². The molecule has 0 aromatic heterocycles. The van der Waals surface area contributed by atoms with Crippen LogP contribution in [0.2, 0.25) is 0 Å². The van der Waals surface area contributed by atoms with Crippen molar-refractivity contribution in [1.29, 1.82) is 0 Å². The minimum absolute atomic E-state index is 0.160. The maximum atomic E-state index is 11.8. The van der Waals surface area contributed by atoms with Crippen LogP contribution in [0, 0.1) is 5.92 Å². The molecule has 132 valence electrons. The molecule has 1 fully saturated rings. The van der Waals surface area contributed by atoms with Crippen LogP contribution >= 0.6 is 0 Å². The summed E-state index contributed by atoms with van der Waals surface area (Å²) in [6.07, 6.45) is 3.63. The van der Waals surface area contributed by atoms with Crippen LogP contribution in [0.25, 0.3) is 0 Å². The molecule has 24 heavy (non-hydrogen) atoms. The Kier molecular flexibility index (Phi) is 5.39. The number of carbonyl (C=O) groups is 1. The number of benzene rings is 1. The van der Waals surface area contributed by atoms with E-state index in [-0.39, 0.29) is 6.04 Å². The van der Waals surface area contributed by atoms with Gasteiger partial charge in [0.1, 0.15) is 5.60 Å². The summed E-state index contributed by atoms with van der Waals surface area (Å²) >= 11 is 0. The van der Waals surface area contributed by atoms with E-state index < -0.39 is 11.7 Å². The number of hydrogen-bond donors (Lipinski definition) is 3. The van der Waals surface area contributed by atoms with E-state index in [0.717, 1.165) is 29.8 Å². The molecular formula is C18H28N4O2. The van der Waals surface area contributed by atoms with Gasteiger partial charge in [-0.2, -0.15) is 0 Å². The highest BCUT2D eigenvalue weighted by atomic mass is 16.6. The van der Waals surface area contributed by atoms with Gasteiger partial charge >= 0.3 is 6.09 Å². The fourth-order valence-corrected chi connectivity index (χ4v) is 2.26. The second-order valence-corrected chi connectivity index (χ2v) is 7.27. The molecule has 0 aliphatic heterocycles. The van der Waals surface area contributed by atoms with Crippen molar-refractivity contribution < 1.29 is 9.53 Å². The summed E-state index contributed by atoms with van der Waals surface area (Å²) in [5, 5.41) is 4.35. The van der Waals surface area contributed by atoms with E-state index in [9.17, 15) is 4.79 Å². The van der Waals surface area contributed by atoms with Gasteiger partial charge in [0, 0.05) is 17.8 Å². The van der Waals surface area contributed by atoms with E-state index >= 15 is 0 Å². The zero-order valence-electron chi connectivity index (χ0n) is 14.9. The van der Waals surface area contributed by atoms with Crippen LogP contribution in [0.1, 0.15) is 52.1 Å². The van der Waals surface area contributed by atoms with E-state index in [1.165, 1.54) is 5.01 Å². The predicted octanol–water partition coefficient (Wildman–Crippen LogP) is 3.16. The maximum Gasteiger partial charge on any atom is 0.408 e. The van der Waals surface area contributed by atoms with Crippen LogP contribution in [0.5, 0.6) is 0 Å². The number of nitrogens with two attached hydrogens (primary N) is 2. The number of ether oxygens (including phenoxy) is 1. The minimum atomic E-state index is -0.512. The molecule has 0 radical (unpaired) electrons. The number of carbonyl (C=O) groups excluding carboxylic acids is 1. The zero-order valence-corrected chi connectivity index (χ0v) is 14.9. The van der Waals surface area contributed by atoms with Crippen LogP contribution < -0.4 is 21.9 Å². The standard InChI is InChI=1S/C18H28N4O2/c1-12(21-17(23)24-18(2,3)4)13-7-9-15(10-8-13)22(20)11-16(19)14-5-6-14/h7-12,14H,5-6,19-20H2,1-4H3,(H,21,23)/b16-11-. The van der Waals surface area contributed by atoms with Crippen LogP contribution in [-0.4, -0.2) is 11.7 Å². The number of alkyl carbamates (subject to hydrolysis) is 1. The third-order valence-electron chi connectivity index (χ3n) is 3.76. The van der Waals surface area contributed by atoms with Crippen molar-refractivity contribution in [2.45, 2.75) is 52.2 Å². The van der Waals surface area contributed by atoms with E-state index in [1.54, 1.807) is 6.20 Å². The summed E-state index contributed by atoms with van der Waals surface area (Å²) in [5.41, 5.74) is 8.10. The number of hydrazine groups is 1. The third kappa shape index (κ3) is 5.45. The summed E-state index contributed by atoms with van der Waals surface area (Å²) < 4.78 is 5.26. The lowest BCUT2D eigenvalue weighted by atomic mass is 10.1. The van der Waals surface area contributed by atoms with Crippen LogP contribution in [0.3, 0.4) is 0 Å². The van der Waals surface area contributed by atoms with E-state index in [1.807, 2.05) is 52.0 Å². The predicted molar refractivity (Wildman–Crippen MR) is 95.9 cm³/mol. The van der Waals surface area contributed by atoms with Crippen LogP contribution in [0.15, 0.2) is 36.2 Å². The lowest BCUT2D eigenvalue weighted by molar-refractivity contribution is 0.0508. The molecule has 5 N–H and O–H groups in total. The van der Waals surface area contributed by atoms with Crippen LogP contribution in [-0.2, 0) is 4.74 Å². The lowest BCUT2D eigenvalue weighted by Crippen LogP contribution is -2.34. The number of rotatable bonds is 5. The Morgan fingerprint density at radius 2 is 1.92 bits per heavy atom. The van der Waals surface area contributed by atoms with Gasteiger partial charge in [0.15, 0.2) is 0 Å². The Morgan fingerprint density at radius 1 is 1.33 bits per heavy atom. The van der Waals surface area contributed by atoms with Crippen molar-refractivity contribution in [3.63, 3.8) is 0 Å². The Hall–Kier alpha value is -2.21. The maximum absolute atomic E-state index is 11.8. The topological polar surface area (TPSA) is 93.6 Å². The van der Waals surface area contributed by atoms with Crippen molar-refractivity contribution >= 4 is 11.8 Å². The fourth-order valence-electron chi connectivity index (χ4n) is 2.26. The normalized spacial score (nSPS) is 16.5. The highest BCUT2D eigenvalue weighted by Crippen LogP contribution is 2.34. The minimum Gasteiger partial charge on any atom is -0.444 e. The number of anilines is 1. The smallest absolute Gasteiger partial charge is 0.408 e. The number of nitrogens with zero attached hydrogens (tertiary/aromatic N) is 1. The Balaban J connectivity index is 1.95. The Morgan fingerprint density at radius 3 is 2.42 bits per heavy atom. The molecule has 1 aliphatic carbocycles. The van der Waals surface area contributed by atoms with Crippen LogP contribution in [0.4, 0.5) is 10.5 Å². The molecule has 1 aromatic rings. The number of allylic oxidation sites excluding steroid dienone is 1. The van der Waals surface area contributed by atoms with Gasteiger partial charge in [0.05, 0.1) is 11.7 Å². The zero-order chi connectivity index (χ0) is 17.9. The molecular weight excluding hydrogens is 304 g/mol. The SMILES string of the molecule is CC(NC(=O)OC(C)(C)C)c1ccc(N(N)/C=C(\N)C2CC2)cc1.